The number of rotatable bonds is 5. The third-order valence-corrected chi connectivity index (χ3v) is 3.37. The van der Waals surface area contributed by atoms with Gasteiger partial charge < -0.3 is 10.4 Å². The number of carbonyl (C=O) groups excluding carboxylic acids is 1. The zero-order valence-corrected chi connectivity index (χ0v) is 11.9. The first-order chi connectivity index (χ1) is 8.75. The fraction of sp³-hybridized carbons (Fsp3) is 0.467. The summed E-state index contributed by atoms with van der Waals surface area (Å²) in [5.74, 6) is -1.57. The summed E-state index contributed by atoms with van der Waals surface area (Å²) in [5, 5.41) is 11.6. The Kier molecular flexibility index (Phi) is 4.70. The van der Waals surface area contributed by atoms with Gasteiger partial charge in [-0.15, -0.1) is 0 Å². The van der Waals surface area contributed by atoms with Crippen molar-refractivity contribution in [1.82, 2.24) is 5.32 Å². The first-order valence-electron chi connectivity index (χ1n) is 6.33. The number of nitrogens with one attached hydrogen (secondary N) is 1. The Morgan fingerprint density at radius 3 is 2.37 bits per heavy atom. The minimum atomic E-state index is -1.39. The van der Waals surface area contributed by atoms with Gasteiger partial charge in [0.1, 0.15) is 5.41 Å². The van der Waals surface area contributed by atoms with Gasteiger partial charge >= 0.3 is 5.97 Å². The average molecular weight is 263 g/mol. The minimum Gasteiger partial charge on any atom is -0.480 e. The van der Waals surface area contributed by atoms with Crippen molar-refractivity contribution in [3.05, 3.63) is 34.9 Å². The van der Waals surface area contributed by atoms with Crippen LogP contribution in [0.15, 0.2) is 18.2 Å². The van der Waals surface area contributed by atoms with E-state index in [1.54, 1.807) is 0 Å². The van der Waals surface area contributed by atoms with E-state index in [9.17, 15) is 9.59 Å². The fourth-order valence-corrected chi connectivity index (χ4v) is 1.60. The topological polar surface area (TPSA) is 66.4 Å². The summed E-state index contributed by atoms with van der Waals surface area (Å²) in [6.07, 6.45) is 0.697. The molecule has 0 fully saturated rings. The highest BCUT2D eigenvalue weighted by atomic mass is 16.4. The SMILES string of the molecule is Cc1ccc(CCNC(=O)C(C)(C)C(=O)O)cc1C. The molecule has 0 unspecified atom stereocenters. The van der Waals surface area contributed by atoms with E-state index in [1.807, 2.05) is 19.1 Å². The van der Waals surface area contributed by atoms with Gasteiger partial charge in [0.2, 0.25) is 5.91 Å². The number of carbonyl (C=O) groups is 2. The first kappa shape index (κ1) is 15.2. The molecule has 1 aromatic rings. The summed E-state index contributed by atoms with van der Waals surface area (Å²) in [4.78, 5) is 22.6. The van der Waals surface area contributed by atoms with E-state index >= 15 is 0 Å². The van der Waals surface area contributed by atoms with Gasteiger partial charge in [-0.3, -0.25) is 9.59 Å². The molecule has 104 valence electrons. The third-order valence-electron chi connectivity index (χ3n) is 3.37. The second-order valence-electron chi connectivity index (χ2n) is 5.35. The highest BCUT2D eigenvalue weighted by Gasteiger charge is 2.35. The van der Waals surface area contributed by atoms with Gasteiger partial charge in [-0.05, 0) is 50.8 Å². The van der Waals surface area contributed by atoms with Gasteiger partial charge in [-0.1, -0.05) is 18.2 Å². The smallest absolute Gasteiger partial charge is 0.318 e. The Labute approximate surface area is 113 Å². The zero-order valence-electron chi connectivity index (χ0n) is 11.9. The number of carboxylic acid groups (broad SMARTS) is 1. The van der Waals surface area contributed by atoms with E-state index < -0.39 is 17.3 Å². The lowest BCUT2D eigenvalue weighted by Crippen LogP contribution is -2.43. The summed E-state index contributed by atoms with van der Waals surface area (Å²) >= 11 is 0. The van der Waals surface area contributed by atoms with Crippen molar-refractivity contribution in [3.8, 4) is 0 Å². The maximum Gasteiger partial charge on any atom is 0.318 e. The molecule has 0 radical (unpaired) electrons. The molecule has 0 aliphatic carbocycles. The van der Waals surface area contributed by atoms with Crippen LogP contribution in [0, 0.1) is 19.3 Å². The molecule has 0 saturated heterocycles. The van der Waals surface area contributed by atoms with Crippen molar-refractivity contribution < 1.29 is 14.7 Å². The van der Waals surface area contributed by atoms with Crippen LogP contribution in [-0.2, 0) is 16.0 Å². The van der Waals surface area contributed by atoms with Gasteiger partial charge in [-0.2, -0.15) is 0 Å². The molecule has 0 aliphatic heterocycles. The second-order valence-corrected chi connectivity index (χ2v) is 5.35. The van der Waals surface area contributed by atoms with Crippen molar-refractivity contribution >= 4 is 11.9 Å². The molecule has 1 rings (SSSR count). The monoisotopic (exact) mass is 263 g/mol. The van der Waals surface area contributed by atoms with Crippen molar-refractivity contribution in [3.63, 3.8) is 0 Å². The summed E-state index contributed by atoms with van der Waals surface area (Å²) < 4.78 is 0. The largest absolute Gasteiger partial charge is 0.480 e. The molecule has 0 atom stereocenters. The second kappa shape index (κ2) is 5.87. The predicted octanol–water partition coefficient (Wildman–Crippen LogP) is 2.07. The van der Waals surface area contributed by atoms with E-state index in [1.165, 1.54) is 25.0 Å². The molecule has 2 N–H and O–H groups in total. The molecule has 0 bridgehead atoms. The summed E-state index contributed by atoms with van der Waals surface area (Å²) in [7, 11) is 0. The quantitative estimate of drug-likeness (QED) is 0.799. The van der Waals surface area contributed by atoms with Crippen LogP contribution in [0.25, 0.3) is 0 Å². The molecule has 1 amide bonds. The normalized spacial score (nSPS) is 11.2. The molecule has 4 nitrogen and oxygen atoms in total. The number of amides is 1. The Hall–Kier alpha value is -1.84. The van der Waals surface area contributed by atoms with Gasteiger partial charge in [0, 0.05) is 6.54 Å². The highest BCUT2D eigenvalue weighted by molar-refractivity contribution is 6.00. The van der Waals surface area contributed by atoms with Gasteiger partial charge in [0.25, 0.3) is 0 Å². The van der Waals surface area contributed by atoms with Crippen LogP contribution in [0.3, 0.4) is 0 Å². The molecule has 0 saturated carbocycles. The number of aliphatic carboxylic acids is 1. The van der Waals surface area contributed by atoms with Crippen molar-refractivity contribution in [2.45, 2.75) is 34.1 Å². The van der Waals surface area contributed by atoms with Crippen LogP contribution in [-0.4, -0.2) is 23.5 Å². The van der Waals surface area contributed by atoms with Gasteiger partial charge in [0.15, 0.2) is 0 Å². The number of hydrogen-bond donors (Lipinski definition) is 2. The van der Waals surface area contributed by atoms with Crippen LogP contribution >= 0.6 is 0 Å². The fourth-order valence-electron chi connectivity index (χ4n) is 1.60. The predicted molar refractivity (Wildman–Crippen MR) is 74.0 cm³/mol. The molecular weight excluding hydrogens is 242 g/mol. The minimum absolute atomic E-state index is 0.443. The number of carboxylic acids is 1. The zero-order chi connectivity index (χ0) is 14.6. The Morgan fingerprint density at radius 2 is 1.84 bits per heavy atom. The van der Waals surface area contributed by atoms with Crippen molar-refractivity contribution in [2.75, 3.05) is 6.54 Å². The summed E-state index contributed by atoms with van der Waals surface area (Å²) in [6, 6.07) is 6.16. The van der Waals surface area contributed by atoms with Crippen LogP contribution < -0.4 is 5.32 Å². The van der Waals surface area contributed by atoms with E-state index in [-0.39, 0.29) is 0 Å². The first-order valence-corrected chi connectivity index (χ1v) is 6.33. The molecule has 0 spiro atoms. The third kappa shape index (κ3) is 3.81. The van der Waals surface area contributed by atoms with Gasteiger partial charge in [-0.25, -0.2) is 0 Å². The van der Waals surface area contributed by atoms with Crippen molar-refractivity contribution in [1.29, 1.82) is 0 Å². The van der Waals surface area contributed by atoms with Crippen LogP contribution in [0.5, 0.6) is 0 Å². The number of aryl methyl sites for hydroxylation is 2. The number of benzene rings is 1. The lowest BCUT2D eigenvalue weighted by molar-refractivity contribution is -0.153. The lowest BCUT2D eigenvalue weighted by Gasteiger charge is -2.18. The van der Waals surface area contributed by atoms with E-state index in [4.69, 9.17) is 5.11 Å². The molecule has 0 aliphatic rings. The van der Waals surface area contributed by atoms with Gasteiger partial charge in [0.05, 0.1) is 0 Å². The van der Waals surface area contributed by atoms with Crippen LogP contribution in [0.4, 0.5) is 0 Å². The van der Waals surface area contributed by atoms with E-state index in [2.05, 4.69) is 18.3 Å². The average Bonchev–Trinajstić information content (AvgIpc) is 2.33. The maximum atomic E-state index is 11.7. The van der Waals surface area contributed by atoms with Crippen LogP contribution in [0.2, 0.25) is 0 Å². The molecule has 0 heterocycles. The number of hydrogen-bond acceptors (Lipinski definition) is 2. The highest BCUT2D eigenvalue weighted by Crippen LogP contribution is 2.15. The summed E-state index contributed by atoms with van der Waals surface area (Å²) in [6.45, 7) is 7.35. The maximum absolute atomic E-state index is 11.7. The van der Waals surface area contributed by atoms with Crippen molar-refractivity contribution in [2.24, 2.45) is 5.41 Å². The summed E-state index contributed by atoms with van der Waals surface area (Å²) in [5.41, 5.74) is 2.20. The molecule has 1 aromatic carbocycles. The molecular formula is C15H21NO3. The standard InChI is InChI=1S/C15H21NO3/c1-10-5-6-12(9-11(10)2)7-8-16-13(17)15(3,4)14(18)19/h5-6,9H,7-8H2,1-4H3,(H,16,17)(H,18,19). The Morgan fingerprint density at radius 1 is 1.21 bits per heavy atom. The van der Waals surface area contributed by atoms with Crippen LogP contribution in [0.1, 0.15) is 30.5 Å². The van der Waals surface area contributed by atoms with E-state index in [0.29, 0.717) is 13.0 Å². The molecule has 0 aromatic heterocycles. The lowest BCUT2D eigenvalue weighted by atomic mass is 9.92. The Balaban J connectivity index is 2.53. The Bertz CT molecular complexity index is 492. The van der Waals surface area contributed by atoms with E-state index in [0.717, 1.165) is 5.56 Å². The molecule has 4 heteroatoms. The molecule has 19 heavy (non-hydrogen) atoms.